The highest BCUT2D eigenvalue weighted by molar-refractivity contribution is 7.12. The Bertz CT molecular complexity index is 746. The normalized spacial score (nSPS) is 10.0. The zero-order chi connectivity index (χ0) is 18.8. The molecular formula is C18H20N2O5S. The van der Waals surface area contributed by atoms with Gasteiger partial charge in [-0.15, -0.1) is 11.3 Å². The molecule has 0 fully saturated rings. The van der Waals surface area contributed by atoms with Crippen molar-refractivity contribution in [1.29, 1.82) is 0 Å². The van der Waals surface area contributed by atoms with Gasteiger partial charge in [-0.25, -0.2) is 0 Å². The van der Waals surface area contributed by atoms with Crippen molar-refractivity contribution in [1.82, 2.24) is 5.32 Å². The number of carbonyl (C=O) groups is 3. The van der Waals surface area contributed by atoms with Crippen LogP contribution >= 0.6 is 11.3 Å². The molecule has 2 amide bonds. The molecule has 0 aliphatic carbocycles. The SMILES string of the molecule is CCOc1ccccc1NC(=O)COC(=O)CCNC(=O)c1cccs1. The molecule has 0 atom stereocenters. The first kappa shape index (κ1) is 19.5. The highest BCUT2D eigenvalue weighted by Gasteiger charge is 2.11. The first-order chi connectivity index (χ1) is 12.6. The van der Waals surface area contributed by atoms with E-state index in [2.05, 4.69) is 10.6 Å². The fourth-order valence-electron chi connectivity index (χ4n) is 2.03. The van der Waals surface area contributed by atoms with Gasteiger partial charge < -0.3 is 20.1 Å². The standard InChI is InChI=1S/C18H20N2O5S/c1-2-24-14-7-4-3-6-13(14)20-16(21)12-25-17(22)9-10-19-18(23)15-8-5-11-26-15/h3-8,11H,2,9-10,12H2,1H3,(H,19,23)(H,20,21). The van der Waals surface area contributed by atoms with E-state index < -0.39 is 18.5 Å². The second-order valence-corrected chi connectivity index (χ2v) is 6.07. The van der Waals surface area contributed by atoms with Crippen molar-refractivity contribution in [2.75, 3.05) is 25.1 Å². The van der Waals surface area contributed by atoms with Crippen LogP contribution in [0.3, 0.4) is 0 Å². The van der Waals surface area contributed by atoms with Crippen molar-refractivity contribution >= 4 is 34.8 Å². The third kappa shape index (κ3) is 6.21. The Morgan fingerprint density at radius 2 is 1.92 bits per heavy atom. The van der Waals surface area contributed by atoms with Crippen LogP contribution in [0.4, 0.5) is 5.69 Å². The Kier molecular flexibility index (Phi) is 7.63. The molecule has 0 spiro atoms. The van der Waals surface area contributed by atoms with E-state index >= 15 is 0 Å². The smallest absolute Gasteiger partial charge is 0.308 e. The summed E-state index contributed by atoms with van der Waals surface area (Å²) >= 11 is 1.32. The summed E-state index contributed by atoms with van der Waals surface area (Å²) in [6, 6.07) is 10.5. The predicted molar refractivity (Wildman–Crippen MR) is 98.5 cm³/mol. The molecule has 1 aromatic heterocycles. The molecule has 138 valence electrons. The lowest BCUT2D eigenvalue weighted by Crippen LogP contribution is -2.27. The molecule has 0 saturated carbocycles. The summed E-state index contributed by atoms with van der Waals surface area (Å²) in [5.41, 5.74) is 0.513. The largest absolute Gasteiger partial charge is 0.492 e. The van der Waals surface area contributed by atoms with Gasteiger partial charge in [-0.2, -0.15) is 0 Å². The van der Waals surface area contributed by atoms with Crippen LogP contribution in [-0.2, 0) is 14.3 Å². The molecular weight excluding hydrogens is 356 g/mol. The van der Waals surface area contributed by atoms with Crippen LogP contribution in [-0.4, -0.2) is 37.5 Å². The van der Waals surface area contributed by atoms with Gasteiger partial charge in [-0.05, 0) is 30.5 Å². The second kappa shape index (κ2) is 10.2. The number of thiophene rings is 1. The lowest BCUT2D eigenvalue weighted by atomic mass is 10.3. The van der Waals surface area contributed by atoms with Crippen LogP contribution in [0.5, 0.6) is 5.75 Å². The minimum absolute atomic E-state index is 0.0140. The fraction of sp³-hybridized carbons (Fsp3) is 0.278. The van der Waals surface area contributed by atoms with Gasteiger partial charge in [0.15, 0.2) is 6.61 Å². The number of para-hydroxylation sites is 2. The number of ether oxygens (including phenoxy) is 2. The van der Waals surface area contributed by atoms with E-state index in [0.717, 1.165) is 0 Å². The highest BCUT2D eigenvalue weighted by Crippen LogP contribution is 2.23. The van der Waals surface area contributed by atoms with Crippen molar-refractivity contribution in [3.63, 3.8) is 0 Å². The molecule has 0 aliphatic rings. The Hall–Kier alpha value is -2.87. The number of anilines is 1. The van der Waals surface area contributed by atoms with Crippen molar-refractivity contribution in [3.05, 3.63) is 46.7 Å². The van der Waals surface area contributed by atoms with Crippen molar-refractivity contribution in [2.24, 2.45) is 0 Å². The van der Waals surface area contributed by atoms with Crippen LogP contribution in [0.2, 0.25) is 0 Å². The van der Waals surface area contributed by atoms with E-state index in [1.807, 2.05) is 6.92 Å². The Morgan fingerprint density at radius 3 is 2.65 bits per heavy atom. The molecule has 0 unspecified atom stereocenters. The quantitative estimate of drug-likeness (QED) is 0.656. The van der Waals surface area contributed by atoms with Crippen LogP contribution in [0.1, 0.15) is 23.0 Å². The first-order valence-corrected chi connectivity index (χ1v) is 8.97. The topological polar surface area (TPSA) is 93.7 Å². The number of carbonyl (C=O) groups excluding carboxylic acids is 3. The van der Waals surface area contributed by atoms with Crippen molar-refractivity contribution in [2.45, 2.75) is 13.3 Å². The van der Waals surface area contributed by atoms with E-state index in [9.17, 15) is 14.4 Å². The maximum atomic E-state index is 11.9. The molecule has 1 heterocycles. The summed E-state index contributed by atoms with van der Waals surface area (Å²) in [4.78, 5) is 35.8. The summed E-state index contributed by atoms with van der Waals surface area (Å²) in [5.74, 6) is -0.720. The molecule has 7 nitrogen and oxygen atoms in total. The summed E-state index contributed by atoms with van der Waals surface area (Å²) in [5, 5.41) is 7.05. The number of nitrogens with one attached hydrogen (secondary N) is 2. The summed E-state index contributed by atoms with van der Waals surface area (Å²) in [6.07, 6.45) is -0.0140. The van der Waals surface area contributed by atoms with Crippen LogP contribution in [0.25, 0.3) is 0 Å². The van der Waals surface area contributed by atoms with Gasteiger partial charge in [0.2, 0.25) is 0 Å². The van der Waals surface area contributed by atoms with Crippen LogP contribution < -0.4 is 15.4 Å². The average molecular weight is 376 g/mol. The second-order valence-electron chi connectivity index (χ2n) is 5.12. The van der Waals surface area contributed by atoms with Gasteiger partial charge in [-0.1, -0.05) is 18.2 Å². The molecule has 2 aromatic rings. The van der Waals surface area contributed by atoms with E-state index in [1.54, 1.807) is 41.8 Å². The van der Waals surface area contributed by atoms with Crippen molar-refractivity contribution in [3.8, 4) is 5.75 Å². The monoisotopic (exact) mass is 376 g/mol. The molecule has 0 aliphatic heterocycles. The lowest BCUT2D eigenvalue weighted by Gasteiger charge is -2.11. The highest BCUT2D eigenvalue weighted by atomic mass is 32.1. The molecule has 2 N–H and O–H groups in total. The number of amides is 2. The Balaban J connectivity index is 1.68. The van der Waals surface area contributed by atoms with Gasteiger partial charge >= 0.3 is 5.97 Å². The van der Waals surface area contributed by atoms with Crippen LogP contribution in [0, 0.1) is 0 Å². The third-order valence-corrected chi connectivity index (χ3v) is 4.05. The van der Waals surface area contributed by atoms with Crippen molar-refractivity contribution < 1.29 is 23.9 Å². The summed E-state index contributed by atoms with van der Waals surface area (Å²) in [6.45, 7) is 2.05. The molecule has 1 aromatic carbocycles. The van der Waals surface area contributed by atoms with E-state index in [1.165, 1.54) is 11.3 Å². The zero-order valence-corrected chi connectivity index (χ0v) is 15.1. The minimum Gasteiger partial charge on any atom is -0.492 e. The molecule has 2 rings (SSSR count). The third-order valence-electron chi connectivity index (χ3n) is 3.18. The van der Waals surface area contributed by atoms with Gasteiger partial charge in [0, 0.05) is 6.54 Å². The molecule has 8 heteroatoms. The maximum absolute atomic E-state index is 11.9. The number of hydrogen-bond acceptors (Lipinski definition) is 6. The average Bonchev–Trinajstić information content (AvgIpc) is 3.16. The zero-order valence-electron chi connectivity index (χ0n) is 14.3. The summed E-state index contributed by atoms with van der Waals surface area (Å²) in [7, 11) is 0. The van der Waals surface area contributed by atoms with Gasteiger partial charge in [0.05, 0.1) is 23.6 Å². The number of hydrogen-bond donors (Lipinski definition) is 2. The summed E-state index contributed by atoms with van der Waals surface area (Å²) < 4.78 is 10.3. The van der Waals surface area contributed by atoms with E-state index in [0.29, 0.717) is 22.9 Å². The van der Waals surface area contributed by atoms with E-state index in [-0.39, 0.29) is 18.9 Å². The molecule has 0 bridgehead atoms. The molecule has 0 radical (unpaired) electrons. The van der Waals surface area contributed by atoms with Gasteiger partial charge in [-0.3, -0.25) is 14.4 Å². The maximum Gasteiger partial charge on any atom is 0.308 e. The number of esters is 1. The van der Waals surface area contributed by atoms with Gasteiger partial charge in [0.1, 0.15) is 5.75 Å². The molecule has 0 saturated heterocycles. The van der Waals surface area contributed by atoms with E-state index in [4.69, 9.17) is 9.47 Å². The predicted octanol–water partition coefficient (Wildman–Crippen LogP) is 2.45. The Labute approximate surface area is 155 Å². The Morgan fingerprint density at radius 1 is 1.12 bits per heavy atom. The number of benzene rings is 1. The van der Waals surface area contributed by atoms with Crippen LogP contribution in [0.15, 0.2) is 41.8 Å². The molecule has 26 heavy (non-hydrogen) atoms. The number of rotatable bonds is 9. The van der Waals surface area contributed by atoms with Gasteiger partial charge in [0.25, 0.3) is 11.8 Å². The lowest BCUT2D eigenvalue weighted by molar-refractivity contribution is -0.147. The minimum atomic E-state index is -0.565. The fourth-order valence-corrected chi connectivity index (χ4v) is 2.67. The first-order valence-electron chi connectivity index (χ1n) is 8.09.